The molecule has 0 fully saturated rings. The number of nitrogens with one attached hydrogen (secondary N) is 1. The van der Waals surface area contributed by atoms with E-state index in [-0.39, 0.29) is 0 Å². The number of benzene rings is 1. The summed E-state index contributed by atoms with van der Waals surface area (Å²) in [5.74, 6) is -0.418. The van der Waals surface area contributed by atoms with Crippen LogP contribution in [0.5, 0.6) is 0 Å². The summed E-state index contributed by atoms with van der Waals surface area (Å²) in [7, 11) is 1.52. The molecule has 2 amide bonds. The first-order valence-electron chi connectivity index (χ1n) is 9.55. The zero-order chi connectivity index (χ0) is 21.2. The van der Waals surface area contributed by atoms with Crippen molar-refractivity contribution >= 4 is 18.3 Å². The van der Waals surface area contributed by atoms with Crippen LogP contribution >= 0.6 is 0 Å². The van der Waals surface area contributed by atoms with Gasteiger partial charge in [0.25, 0.3) is 0 Å². The predicted octanol–water partition coefficient (Wildman–Crippen LogP) is 2.19. The monoisotopic (exact) mass is 390 g/mol. The van der Waals surface area contributed by atoms with E-state index in [4.69, 9.17) is 10.5 Å². The van der Waals surface area contributed by atoms with Crippen LogP contribution in [0.4, 0.5) is 4.79 Å². The van der Waals surface area contributed by atoms with Gasteiger partial charge in [-0.15, -0.1) is 0 Å². The molecular weight excluding hydrogens is 358 g/mol. The molecule has 1 rings (SSSR count). The van der Waals surface area contributed by atoms with E-state index in [0.29, 0.717) is 25.8 Å². The highest BCUT2D eigenvalue weighted by atomic mass is 16.6. The summed E-state index contributed by atoms with van der Waals surface area (Å²) in [5, 5.41) is 2.69. The lowest BCUT2D eigenvalue weighted by Gasteiger charge is -2.30. The lowest BCUT2D eigenvalue weighted by molar-refractivity contribution is -0.126. The maximum Gasteiger partial charge on any atom is 0.410 e. The van der Waals surface area contributed by atoms with Gasteiger partial charge in [0.05, 0.1) is 6.04 Å². The van der Waals surface area contributed by atoms with Gasteiger partial charge in [0.15, 0.2) is 0 Å². The summed E-state index contributed by atoms with van der Waals surface area (Å²) in [4.78, 5) is 37.9. The summed E-state index contributed by atoms with van der Waals surface area (Å²) in [6.07, 6.45) is 3.50. The molecule has 0 aromatic heterocycles. The van der Waals surface area contributed by atoms with E-state index in [0.717, 1.165) is 12.0 Å². The fourth-order valence-electron chi connectivity index (χ4n) is 2.63. The maximum atomic E-state index is 12.9. The molecule has 0 saturated carbocycles. The molecule has 2 atom stereocenters. The third kappa shape index (κ3) is 8.52. The predicted molar refractivity (Wildman–Crippen MR) is 108 cm³/mol. The molecule has 0 aliphatic heterocycles. The van der Waals surface area contributed by atoms with Gasteiger partial charge in [0.2, 0.25) is 12.2 Å². The number of likely N-dealkylation sites (N-methyl/N-ethyl adjacent to an activating group) is 1. The van der Waals surface area contributed by atoms with Crippen LogP contribution in [-0.4, -0.2) is 54.5 Å². The second-order valence-corrected chi connectivity index (χ2v) is 7.76. The van der Waals surface area contributed by atoms with Gasteiger partial charge in [-0.25, -0.2) is 4.79 Å². The summed E-state index contributed by atoms with van der Waals surface area (Å²) >= 11 is 0. The Morgan fingerprint density at radius 3 is 2.39 bits per heavy atom. The first-order chi connectivity index (χ1) is 13.2. The molecule has 1 radical (unpaired) electrons. The number of carbonyl (C=O) groups excluding carboxylic acids is 3. The van der Waals surface area contributed by atoms with Crippen molar-refractivity contribution < 1.29 is 19.1 Å². The molecule has 3 N–H and O–H groups in total. The molecule has 0 saturated heterocycles. The number of rotatable bonds is 10. The van der Waals surface area contributed by atoms with E-state index in [1.807, 2.05) is 36.6 Å². The lowest BCUT2D eigenvalue weighted by atomic mass is 10.0. The Morgan fingerprint density at radius 1 is 1.21 bits per heavy atom. The van der Waals surface area contributed by atoms with Crippen molar-refractivity contribution in [2.75, 3.05) is 13.6 Å². The largest absolute Gasteiger partial charge is 0.444 e. The van der Waals surface area contributed by atoms with Crippen LogP contribution in [0.2, 0.25) is 0 Å². The van der Waals surface area contributed by atoms with Gasteiger partial charge in [-0.3, -0.25) is 14.5 Å². The number of nitrogens with two attached hydrogens (primary N) is 1. The minimum atomic E-state index is -0.817. The summed E-state index contributed by atoms with van der Waals surface area (Å²) in [6, 6.07) is 7.83. The molecule has 1 aromatic rings. The number of ether oxygens (including phenoxy) is 1. The standard InChI is InChI=1S/C21H32N3O4/c1-21(2,3)28-20(27)24(4)18(14-16-10-6-5-7-11-16)19(26)23-17(15-25)12-8-9-13-22/h5-7,10-11,17-18H,8-9,12-14,22H2,1-4H3,(H,23,26)/t17-,18-/m0/s1. The van der Waals surface area contributed by atoms with Gasteiger partial charge in [0, 0.05) is 13.5 Å². The van der Waals surface area contributed by atoms with E-state index >= 15 is 0 Å². The third-order valence-electron chi connectivity index (χ3n) is 4.13. The minimum Gasteiger partial charge on any atom is -0.444 e. The first-order valence-corrected chi connectivity index (χ1v) is 9.55. The zero-order valence-electron chi connectivity index (χ0n) is 17.2. The molecule has 7 heteroatoms. The van der Waals surface area contributed by atoms with E-state index in [9.17, 15) is 14.4 Å². The molecular formula is C21H32N3O4. The number of carbonyl (C=O) groups is 2. The van der Waals surface area contributed by atoms with Crippen LogP contribution in [0, 0.1) is 0 Å². The van der Waals surface area contributed by atoms with Crippen LogP contribution in [0.15, 0.2) is 30.3 Å². The van der Waals surface area contributed by atoms with Crippen LogP contribution in [0.25, 0.3) is 0 Å². The van der Waals surface area contributed by atoms with Crippen molar-refractivity contribution in [2.45, 2.75) is 64.1 Å². The van der Waals surface area contributed by atoms with E-state index in [1.54, 1.807) is 20.8 Å². The smallest absolute Gasteiger partial charge is 0.410 e. The van der Waals surface area contributed by atoms with Crippen molar-refractivity contribution in [3.63, 3.8) is 0 Å². The summed E-state index contributed by atoms with van der Waals surface area (Å²) in [6.45, 7) is 5.82. The van der Waals surface area contributed by atoms with Crippen LogP contribution < -0.4 is 11.1 Å². The molecule has 0 heterocycles. The molecule has 155 valence electrons. The number of hydrogen-bond acceptors (Lipinski definition) is 5. The first kappa shape index (κ1) is 23.6. The minimum absolute atomic E-state index is 0.302. The Balaban J connectivity index is 2.93. The SMILES string of the molecule is CN(C(=O)OC(C)(C)C)[C@@H](Cc1ccccc1)C(=O)N[C@H]([C]=O)CCCCN. The molecule has 7 nitrogen and oxygen atoms in total. The maximum absolute atomic E-state index is 12.9. The van der Waals surface area contributed by atoms with E-state index in [1.165, 1.54) is 11.9 Å². The van der Waals surface area contributed by atoms with Gasteiger partial charge >= 0.3 is 6.09 Å². The molecule has 0 aliphatic rings. The highest BCUT2D eigenvalue weighted by Gasteiger charge is 2.31. The Kier molecular flexibility index (Phi) is 9.65. The van der Waals surface area contributed by atoms with Gasteiger partial charge in [-0.1, -0.05) is 30.3 Å². The number of hydrogen-bond donors (Lipinski definition) is 2. The third-order valence-corrected chi connectivity index (χ3v) is 4.13. The quantitative estimate of drug-likeness (QED) is 0.596. The molecule has 28 heavy (non-hydrogen) atoms. The summed E-state index contributed by atoms with van der Waals surface area (Å²) < 4.78 is 5.39. The molecule has 0 bridgehead atoms. The topological polar surface area (TPSA) is 102 Å². The van der Waals surface area contributed by atoms with Crippen LogP contribution in [0.3, 0.4) is 0 Å². The van der Waals surface area contributed by atoms with Gasteiger partial charge in [0.1, 0.15) is 11.6 Å². The van der Waals surface area contributed by atoms with Gasteiger partial charge < -0.3 is 15.8 Å². The highest BCUT2D eigenvalue weighted by Crippen LogP contribution is 2.14. The molecule has 0 unspecified atom stereocenters. The van der Waals surface area contributed by atoms with Crippen molar-refractivity contribution in [1.29, 1.82) is 0 Å². The molecule has 0 aliphatic carbocycles. The highest BCUT2D eigenvalue weighted by molar-refractivity contribution is 5.87. The lowest BCUT2D eigenvalue weighted by Crippen LogP contribution is -2.52. The average Bonchev–Trinajstić information content (AvgIpc) is 2.64. The number of amides is 2. The van der Waals surface area contributed by atoms with E-state index < -0.39 is 29.7 Å². The summed E-state index contributed by atoms with van der Waals surface area (Å²) in [5.41, 5.74) is 5.69. The second kappa shape index (κ2) is 11.4. The Morgan fingerprint density at radius 2 is 1.86 bits per heavy atom. The fraction of sp³-hybridized carbons (Fsp3) is 0.571. The zero-order valence-corrected chi connectivity index (χ0v) is 17.2. The second-order valence-electron chi connectivity index (χ2n) is 7.76. The Bertz CT molecular complexity index is 628. The van der Waals surface area contributed by atoms with Gasteiger partial charge in [-0.05, 0) is 52.1 Å². The Labute approximate surface area is 167 Å². The number of unbranched alkanes of at least 4 members (excludes halogenated alkanes) is 1. The van der Waals surface area contributed by atoms with Crippen molar-refractivity contribution in [3.8, 4) is 0 Å². The number of nitrogens with zero attached hydrogens (tertiary/aromatic N) is 1. The molecule has 0 spiro atoms. The van der Waals surface area contributed by atoms with Gasteiger partial charge in [-0.2, -0.15) is 0 Å². The Hall–Kier alpha value is -2.41. The van der Waals surface area contributed by atoms with Crippen molar-refractivity contribution in [1.82, 2.24) is 10.2 Å². The normalized spacial score (nSPS) is 13.3. The molecule has 1 aromatic carbocycles. The average molecular weight is 391 g/mol. The fourth-order valence-corrected chi connectivity index (χ4v) is 2.63. The van der Waals surface area contributed by atoms with Crippen molar-refractivity contribution in [2.24, 2.45) is 5.73 Å². The van der Waals surface area contributed by atoms with Crippen molar-refractivity contribution in [3.05, 3.63) is 35.9 Å². The van der Waals surface area contributed by atoms with E-state index in [2.05, 4.69) is 5.32 Å². The van der Waals surface area contributed by atoms with Crippen LogP contribution in [-0.2, 0) is 20.7 Å². The van der Waals surface area contributed by atoms with Crippen LogP contribution in [0.1, 0.15) is 45.6 Å².